The molecule has 1 N–H and O–H groups in total. The van der Waals surface area contributed by atoms with Crippen molar-refractivity contribution in [3.63, 3.8) is 0 Å². The van der Waals surface area contributed by atoms with Gasteiger partial charge in [0, 0.05) is 21.8 Å². The van der Waals surface area contributed by atoms with Gasteiger partial charge in [-0.05, 0) is 6.92 Å². The van der Waals surface area contributed by atoms with Gasteiger partial charge in [0.15, 0.2) is 5.36 Å². The van der Waals surface area contributed by atoms with E-state index in [1.165, 1.54) is 23.5 Å². The largest absolute Gasteiger partial charge is 0.287 e. The summed E-state index contributed by atoms with van der Waals surface area (Å²) < 4.78 is 0. The molecule has 0 fully saturated rings. The van der Waals surface area contributed by atoms with Crippen molar-refractivity contribution in [2.24, 2.45) is 5.10 Å². The van der Waals surface area contributed by atoms with E-state index < -0.39 is 21.6 Å². The number of aryl methyl sites for hydroxylation is 1. The summed E-state index contributed by atoms with van der Waals surface area (Å²) in [5.74, 6) is 0. The normalized spacial score (nSPS) is 12.0. The lowest BCUT2D eigenvalue weighted by Gasteiger charge is -1.95. The number of hydrogen-bond acceptors (Lipinski definition) is 7. The maximum absolute atomic E-state index is 12.2. The van der Waals surface area contributed by atoms with Crippen LogP contribution in [0.15, 0.2) is 49.9 Å². The van der Waals surface area contributed by atoms with Crippen molar-refractivity contribution >= 4 is 27.2 Å². The van der Waals surface area contributed by atoms with Gasteiger partial charge in [0.1, 0.15) is 0 Å². The summed E-state index contributed by atoms with van der Waals surface area (Å²) in [5.41, 5.74) is 0.365. The number of benzene rings is 2. The second kappa shape index (κ2) is 5.02. The molecule has 3 rings (SSSR count). The Hall–Kier alpha value is -2.67. The van der Waals surface area contributed by atoms with Gasteiger partial charge in [-0.1, -0.05) is 24.3 Å². The second-order valence-electron chi connectivity index (χ2n) is 4.38. The number of hydrogen-bond donors (Lipinski definition) is 1. The average Bonchev–Trinajstić information content (AvgIpc) is 2.90. The van der Waals surface area contributed by atoms with Gasteiger partial charge >= 0.3 is 0 Å². The quantitative estimate of drug-likeness (QED) is 0.549. The van der Waals surface area contributed by atoms with Crippen LogP contribution in [-0.4, -0.2) is 4.98 Å². The van der Waals surface area contributed by atoms with Crippen molar-refractivity contribution in [2.45, 2.75) is 6.92 Å². The molecule has 0 radical (unpaired) electrons. The highest BCUT2D eigenvalue weighted by molar-refractivity contribution is 7.15. The lowest BCUT2D eigenvalue weighted by molar-refractivity contribution is 1.15. The third-order valence-electron chi connectivity index (χ3n) is 2.94. The molecule has 7 heteroatoms. The molecule has 6 nitrogen and oxygen atoms in total. The molecule has 1 aromatic heterocycles. The maximum Gasteiger partial charge on any atom is 0.257 e. The van der Waals surface area contributed by atoms with Crippen molar-refractivity contribution in [1.82, 2.24) is 4.98 Å². The minimum absolute atomic E-state index is 0.122. The van der Waals surface area contributed by atoms with E-state index >= 15 is 0 Å². The summed E-state index contributed by atoms with van der Waals surface area (Å²) in [7, 11) is 0. The molecule has 0 aliphatic rings. The van der Waals surface area contributed by atoms with Gasteiger partial charge in [-0.15, -0.1) is 11.3 Å². The number of fused-ring (bicyclic) bond motifs is 1. The van der Waals surface area contributed by atoms with E-state index in [0.717, 1.165) is 4.88 Å². The van der Waals surface area contributed by atoms with Crippen LogP contribution in [0, 0.1) is 6.92 Å². The predicted molar refractivity (Wildman–Crippen MR) is 81.2 cm³/mol. The number of rotatable bonds is 2. The van der Waals surface area contributed by atoms with E-state index in [-0.39, 0.29) is 10.8 Å². The summed E-state index contributed by atoms with van der Waals surface area (Å²) in [6, 6.07) is 6.21. The van der Waals surface area contributed by atoms with Crippen molar-refractivity contribution in [1.29, 1.82) is 0 Å². The van der Waals surface area contributed by atoms with E-state index in [0.29, 0.717) is 5.13 Å². The van der Waals surface area contributed by atoms with Crippen molar-refractivity contribution in [3.8, 4) is 0 Å². The molecule has 104 valence electrons. The van der Waals surface area contributed by atoms with Gasteiger partial charge in [0.05, 0.1) is 0 Å². The highest BCUT2D eigenvalue weighted by Gasteiger charge is 2.10. The number of aromatic nitrogens is 1. The molecule has 1 heterocycles. The molecule has 0 aliphatic carbocycles. The zero-order valence-corrected chi connectivity index (χ0v) is 11.7. The van der Waals surface area contributed by atoms with Crippen molar-refractivity contribution < 1.29 is 0 Å². The molecule has 3 aromatic rings. The molecular formula is C14H9N3O3S. The third-order valence-corrected chi connectivity index (χ3v) is 3.75. The molecule has 0 saturated carbocycles. The fourth-order valence-corrected chi connectivity index (χ4v) is 2.56. The van der Waals surface area contributed by atoms with Crippen LogP contribution in [0.1, 0.15) is 4.88 Å². The first-order chi connectivity index (χ1) is 10.1. The van der Waals surface area contributed by atoms with Gasteiger partial charge < -0.3 is 0 Å². The van der Waals surface area contributed by atoms with Gasteiger partial charge in [-0.2, -0.15) is 5.10 Å². The van der Waals surface area contributed by atoms with Crippen LogP contribution in [0.2, 0.25) is 0 Å². The third kappa shape index (κ3) is 2.27. The molecule has 2 aromatic carbocycles. The predicted octanol–water partition coefficient (Wildman–Crippen LogP) is 0.489. The van der Waals surface area contributed by atoms with Crippen molar-refractivity contribution in [2.75, 3.05) is 5.43 Å². The van der Waals surface area contributed by atoms with E-state index in [4.69, 9.17) is 0 Å². The van der Waals surface area contributed by atoms with Crippen LogP contribution >= 0.6 is 11.3 Å². The van der Waals surface area contributed by atoms with Crippen LogP contribution in [-0.2, 0) is 0 Å². The zero-order chi connectivity index (χ0) is 15.0. The Morgan fingerprint density at radius 2 is 1.71 bits per heavy atom. The fraction of sp³-hybridized carbons (Fsp3) is 0.0714. The van der Waals surface area contributed by atoms with Crippen LogP contribution in [0.4, 0.5) is 5.13 Å². The maximum atomic E-state index is 12.2. The summed E-state index contributed by atoms with van der Waals surface area (Å²) in [6.07, 6.45) is 1.64. The Morgan fingerprint density at radius 3 is 2.33 bits per heavy atom. The number of nitrogens with one attached hydrogen (secondary N) is 1. The molecule has 0 aliphatic heterocycles. The Morgan fingerprint density at radius 1 is 1.05 bits per heavy atom. The van der Waals surface area contributed by atoms with E-state index in [9.17, 15) is 14.4 Å². The summed E-state index contributed by atoms with van der Waals surface area (Å²) in [6.45, 7) is 1.87. The first kappa shape index (κ1) is 13.3. The van der Waals surface area contributed by atoms with Crippen LogP contribution in [0.5, 0.6) is 0 Å². The average molecular weight is 299 g/mol. The molecule has 0 bridgehead atoms. The molecule has 0 amide bonds. The first-order valence-electron chi connectivity index (χ1n) is 6.07. The molecular weight excluding hydrogens is 290 g/mol. The van der Waals surface area contributed by atoms with Gasteiger partial charge in [-0.3, -0.25) is 19.8 Å². The SMILES string of the molecule is Cc1cnc(N/N=c2/c(=O)c(=O)c3ccccc3c2=O)s1. The highest BCUT2D eigenvalue weighted by Crippen LogP contribution is 2.15. The Labute approximate surface area is 121 Å². The standard InChI is InChI=1S/C14H9N3O3S/c1-7-6-15-14(21-7)17-16-10-11(18)8-4-2-3-5-9(8)12(19)13(10)20/h2-6H,1H3,(H,15,17)/b16-10+. The Bertz CT molecular complexity index is 1050. The van der Waals surface area contributed by atoms with Gasteiger partial charge in [-0.25, -0.2) is 4.98 Å². The van der Waals surface area contributed by atoms with E-state index in [1.54, 1.807) is 18.3 Å². The smallest absolute Gasteiger partial charge is 0.257 e. The van der Waals surface area contributed by atoms with E-state index in [2.05, 4.69) is 15.5 Å². The number of thiazole rings is 1. The highest BCUT2D eigenvalue weighted by atomic mass is 32.1. The van der Waals surface area contributed by atoms with Gasteiger partial charge in [0.25, 0.3) is 5.43 Å². The lowest BCUT2D eigenvalue weighted by atomic mass is 10.1. The summed E-state index contributed by atoms with van der Waals surface area (Å²) in [5, 5.41) is 4.13. The molecule has 0 unspecified atom stereocenters. The summed E-state index contributed by atoms with van der Waals surface area (Å²) >= 11 is 1.33. The van der Waals surface area contributed by atoms with Crippen LogP contribution < -0.4 is 27.1 Å². The van der Waals surface area contributed by atoms with Crippen molar-refractivity contribution in [3.05, 3.63) is 71.4 Å². The zero-order valence-electron chi connectivity index (χ0n) is 10.9. The Kier molecular flexibility index (Phi) is 3.19. The van der Waals surface area contributed by atoms with Crippen LogP contribution in [0.25, 0.3) is 10.8 Å². The Balaban J connectivity index is 2.26. The topological polar surface area (TPSA) is 88.5 Å². The number of anilines is 1. The first-order valence-corrected chi connectivity index (χ1v) is 6.88. The molecule has 0 spiro atoms. The van der Waals surface area contributed by atoms with Gasteiger partial charge in [0.2, 0.25) is 16.0 Å². The minimum atomic E-state index is -0.903. The molecule has 0 saturated heterocycles. The fourth-order valence-electron chi connectivity index (χ4n) is 1.95. The lowest BCUT2D eigenvalue weighted by Crippen LogP contribution is -2.48. The summed E-state index contributed by atoms with van der Waals surface area (Å²) in [4.78, 5) is 41.1. The number of nitrogens with zero attached hydrogens (tertiary/aromatic N) is 2. The second-order valence-corrected chi connectivity index (χ2v) is 5.62. The minimum Gasteiger partial charge on any atom is -0.287 e. The molecule has 0 atom stereocenters. The molecule has 21 heavy (non-hydrogen) atoms. The van der Waals surface area contributed by atoms with E-state index in [1.807, 2.05) is 6.92 Å². The monoisotopic (exact) mass is 299 g/mol. The van der Waals surface area contributed by atoms with Crippen LogP contribution in [0.3, 0.4) is 0 Å².